The summed E-state index contributed by atoms with van der Waals surface area (Å²) in [6, 6.07) is 2.11. The van der Waals surface area contributed by atoms with Crippen LogP contribution in [0.1, 0.15) is 27.2 Å². The van der Waals surface area contributed by atoms with Crippen LogP contribution in [0.3, 0.4) is 0 Å². The molecule has 2 heteroatoms. The van der Waals surface area contributed by atoms with E-state index < -0.39 is 0 Å². The fraction of sp³-hybridized carbons (Fsp3) is 0.750. The number of hydrogen-bond donors (Lipinski definition) is 0. The molecule has 0 fully saturated rings. The van der Waals surface area contributed by atoms with Crippen LogP contribution in [0, 0.1) is 22.7 Å². The molecule has 0 saturated carbocycles. The van der Waals surface area contributed by atoms with Gasteiger partial charge in [0.2, 0.25) is 0 Å². The van der Waals surface area contributed by atoms with Crippen LogP contribution in [0.5, 0.6) is 0 Å². The summed E-state index contributed by atoms with van der Waals surface area (Å²) in [7, 11) is 0. The largest absolute Gasteiger partial charge is 0.303 e. The van der Waals surface area contributed by atoms with Crippen LogP contribution in [-0.4, -0.2) is 6.29 Å². The predicted octanol–water partition coefficient (Wildman–Crippen LogP) is 1.76. The Morgan fingerprint density at radius 1 is 1.60 bits per heavy atom. The highest BCUT2D eigenvalue weighted by Gasteiger charge is 2.23. The third-order valence-corrected chi connectivity index (χ3v) is 1.53. The van der Waals surface area contributed by atoms with E-state index in [1.165, 1.54) is 0 Å². The van der Waals surface area contributed by atoms with Crippen LogP contribution in [0.2, 0.25) is 0 Å². The first-order chi connectivity index (χ1) is 4.52. The first-order valence-corrected chi connectivity index (χ1v) is 3.35. The molecule has 0 spiro atoms. The van der Waals surface area contributed by atoms with E-state index in [-0.39, 0.29) is 11.3 Å². The number of aldehydes is 1. The Labute approximate surface area is 61.8 Å². The van der Waals surface area contributed by atoms with Gasteiger partial charge in [-0.1, -0.05) is 20.8 Å². The van der Waals surface area contributed by atoms with Crippen molar-refractivity contribution in [2.24, 2.45) is 11.3 Å². The molecule has 10 heavy (non-hydrogen) atoms. The second-order valence-corrected chi connectivity index (χ2v) is 3.45. The topological polar surface area (TPSA) is 40.9 Å². The lowest BCUT2D eigenvalue weighted by molar-refractivity contribution is -0.108. The number of carbonyl (C=O) groups is 1. The van der Waals surface area contributed by atoms with E-state index >= 15 is 0 Å². The predicted molar refractivity (Wildman–Crippen MR) is 39.2 cm³/mol. The number of nitriles is 1. The number of carbonyl (C=O) groups excluding carboxylic acids is 1. The number of hydrogen-bond acceptors (Lipinski definition) is 2. The summed E-state index contributed by atoms with van der Waals surface area (Å²) in [6.45, 7) is 5.89. The molecule has 0 aliphatic carbocycles. The van der Waals surface area contributed by atoms with E-state index in [0.29, 0.717) is 6.42 Å². The van der Waals surface area contributed by atoms with E-state index in [9.17, 15) is 4.79 Å². The molecule has 0 aromatic heterocycles. The van der Waals surface area contributed by atoms with Crippen LogP contribution in [-0.2, 0) is 4.79 Å². The summed E-state index contributed by atoms with van der Waals surface area (Å²) in [5.74, 6) is -0.148. The van der Waals surface area contributed by atoms with Crippen molar-refractivity contribution in [1.29, 1.82) is 5.26 Å². The molecule has 0 aromatic carbocycles. The lowest BCUT2D eigenvalue weighted by Gasteiger charge is -2.22. The number of nitrogens with zero attached hydrogens (tertiary/aromatic N) is 1. The minimum Gasteiger partial charge on any atom is -0.303 e. The Bertz CT molecular complexity index is 150. The molecule has 2 nitrogen and oxygen atoms in total. The Hall–Kier alpha value is -0.840. The van der Waals surface area contributed by atoms with Crippen molar-refractivity contribution in [1.82, 2.24) is 0 Å². The monoisotopic (exact) mass is 139 g/mol. The van der Waals surface area contributed by atoms with Crippen LogP contribution in [0.15, 0.2) is 0 Å². The SMILES string of the molecule is CC(C)(C)[C@H](C#N)CC=O. The van der Waals surface area contributed by atoms with Gasteiger partial charge in [-0.3, -0.25) is 0 Å². The molecule has 0 aliphatic rings. The van der Waals surface area contributed by atoms with Gasteiger partial charge in [0.1, 0.15) is 6.29 Å². The Balaban J connectivity index is 4.10. The standard InChI is InChI=1S/C8H13NO/c1-8(2,3)7(6-9)4-5-10/h5,7H,4H2,1-3H3/t7-/m0/s1. The Kier molecular flexibility index (Phi) is 3.08. The van der Waals surface area contributed by atoms with Gasteiger partial charge in [0.25, 0.3) is 0 Å². The van der Waals surface area contributed by atoms with Gasteiger partial charge in [-0.05, 0) is 5.41 Å². The maximum atomic E-state index is 10.1. The van der Waals surface area contributed by atoms with E-state index in [4.69, 9.17) is 5.26 Å². The van der Waals surface area contributed by atoms with Crippen molar-refractivity contribution in [2.45, 2.75) is 27.2 Å². The quantitative estimate of drug-likeness (QED) is 0.547. The first-order valence-electron chi connectivity index (χ1n) is 3.35. The van der Waals surface area contributed by atoms with Gasteiger partial charge < -0.3 is 4.79 Å². The van der Waals surface area contributed by atoms with Gasteiger partial charge in [-0.2, -0.15) is 5.26 Å². The summed E-state index contributed by atoms with van der Waals surface area (Å²) in [5, 5.41) is 8.58. The molecule has 0 bridgehead atoms. The average Bonchev–Trinajstić information content (AvgIpc) is 1.80. The zero-order chi connectivity index (χ0) is 8.20. The minimum atomic E-state index is -0.148. The normalized spacial score (nSPS) is 13.8. The van der Waals surface area contributed by atoms with Crippen molar-refractivity contribution in [2.75, 3.05) is 0 Å². The maximum absolute atomic E-state index is 10.1. The van der Waals surface area contributed by atoms with Crippen LogP contribution in [0.25, 0.3) is 0 Å². The molecule has 0 radical (unpaired) electrons. The highest BCUT2D eigenvalue weighted by atomic mass is 16.1. The third kappa shape index (κ3) is 2.63. The van der Waals surface area contributed by atoms with E-state index in [2.05, 4.69) is 6.07 Å². The van der Waals surface area contributed by atoms with Crippen LogP contribution < -0.4 is 0 Å². The molecule has 56 valence electrons. The highest BCUT2D eigenvalue weighted by molar-refractivity contribution is 5.50. The molecule has 0 heterocycles. The zero-order valence-corrected chi connectivity index (χ0v) is 6.72. The third-order valence-electron chi connectivity index (χ3n) is 1.53. The molecule has 0 N–H and O–H groups in total. The summed E-state index contributed by atoms with van der Waals surface area (Å²) < 4.78 is 0. The maximum Gasteiger partial charge on any atom is 0.121 e. The van der Waals surface area contributed by atoms with Crippen molar-refractivity contribution < 1.29 is 4.79 Å². The van der Waals surface area contributed by atoms with Gasteiger partial charge in [-0.25, -0.2) is 0 Å². The van der Waals surface area contributed by atoms with Gasteiger partial charge in [0, 0.05) is 6.42 Å². The van der Waals surface area contributed by atoms with Crippen molar-refractivity contribution in [3.63, 3.8) is 0 Å². The molecule has 0 amide bonds. The van der Waals surface area contributed by atoms with Crippen LogP contribution >= 0.6 is 0 Å². The van der Waals surface area contributed by atoms with E-state index in [1.54, 1.807) is 0 Å². The molecule has 0 saturated heterocycles. The molecular formula is C8H13NO. The lowest BCUT2D eigenvalue weighted by atomic mass is 9.80. The van der Waals surface area contributed by atoms with Gasteiger partial charge >= 0.3 is 0 Å². The second kappa shape index (κ2) is 3.36. The molecule has 0 unspecified atom stereocenters. The van der Waals surface area contributed by atoms with Gasteiger partial charge in [-0.15, -0.1) is 0 Å². The second-order valence-electron chi connectivity index (χ2n) is 3.45. The van der Waals surface area contributed by atoms with Crippen molar-refractivity contribution in [3.05, 3.63) is 0 Å². The average molecular weight is 139 g/mol. The lowest BCUT2D eigenvalue weighted by Crippen LogP contribution is -2.18. The molecule has 1 atom stereocenters. The number of rotatable bonds is 2. The first kappa shape index (κ1) is 9.16. The fourth-order valence-electron chi connectivity index (χ4n) is 0.696. The van der Waals surface area contributed by atoms with Crippen LogP contribution in [0.4, 0.5) is 0 Å². The minimum absolute atomic E-state index is 0.0737. The van der Waals surface area contributed by atoms with Gasteiger partial charge in [0.05, 0.1) is 12.0 Å². The van der Waals surface area contributed by atoms with Gasteiger partial charge in [0.15, 0.2) is 0 Å². The van der Waals surface area contributed by atoms with Crippen molar-refractivity contribution >= 4 is 6.29 Å². The summed E-state index contributed by atoms with van der Waals surface area (Å²) >= 11 is 0. The molecule has 0 aromatic rings. The Morgan fingerprint density at radius 3 is 2.20 bits per heavy atom. The zero-order valence-electron chi connectivity index (χ0n) is 6.72. The highest BCUT2D eigenvalue weighted by Crippen LogP contribution is 2.26. The fourth-order valence-corrected chi connectivity index (χ4v) is 0.696. The Morgan fingerprint density at radius 2 is 2.10 bits per heavy atom. The molecule has 0 aliphatic heterocycles. The smallest absolute Gasteiger partial charge is 0.121 e. The van der Waals surface area contributed by atoms with Crippen molar-refractivity contribution in [3.8, 4) is 6.07 Å². The summed E-state index contributed by atoms with van der Waals surface area (Å²) in [6.07, 6.45) is 1.15. The molecule has 0 rings (SSSR count). The summed E-state index contributed by atoms with van der Waals surface area (Å²) in [5.41, 5.74) is -0.0737. The molecular weight excluding hydrogens is 126 g/mol. The summed E-state index contributed by atoms with van der Waals surface area (Å²) in [4.78, 5) is 10.1. The van der Waals surface area contributed by atoms with E-state index in [0.717, 1.165) is 6.29 Å². The van der Waals surface area contributed by atoms with E-state index in [1.807, 2.05) is 20.8 Å².